The van der Waals surface area contributed by atoms with Gasteiger partial charge in [-0.1, -0.05) is 0 Å². The summed E-state index contributed by atoms with van der Waals surface area (Å²) in [4.78, 5) is 9.73. The van der Waals surface area contributed by atoms with Gasteiger partial charge in [0.05, 0.1) is 0 Å². The van der Waals surface area contributed by atoms with Crippen molar-refractivity contribution in [2.75, 3.05) is 0 Å². The molecule has 0 aromatic rings. The van der Waals surface area contributed by atoms with E-state index in [0.29, 0.717) is 0 Å². The first-order valence-electron chi connectivity index (χ1n) is 4.92. The Labute approximate surface area is 121 Å². The number of aliphatic carboxylic acids is 1. The molecule has 0 amide bonds. The van der Waals surface area contributed by atoms with E-state index in [1.165, 1.54) is 0 Å². The van der Waals surface area contributed by atoms with Crippen LogP contribution in [0.25, 0.3) is 0 Å². The molecule has 0 atom stereocenters. The lowest BCUT2D eigenvalue weighted by Crippen LogP contribution is -2.72. The highest BCUT2D eigenvalue weighted by Crippen LogP contribution is 2.60. The van der Waals surface area contributed by atoms with E-state index in [4.69, 9.17) is 5.11 Å². The number of halogens is 14. The van der Waals surface area contributed by atoms with E-state index < -0.39 is 47.9 Å². The van der Waals surface area contributed by atoms with Crippen LogP contribution >= 0.6 is 0 Å². The van der Waals surface area contributed by atoms with Gasteiger partial charge in [0, 0.05) is 0 Å². The molecule has 16 heteroatoms. The van der Waals surface area contributed by atoms with Crippen LogP contribution in [0.5, 0.6) is 0 Å². The Morgan fingerprint density at radius 3 is 1.17 bits per heavy atom. The van der Waals surface area contributed by atoms with Crippen molar-refractivity contribution in [2.45, 2.75) is 42.0 Å². The highest BCUT2D eigenvalue weighted by molar-refractivity contribution is 5.77. The van der Waals surface area contributed by atoms with Gasteiger partial charge in [0.2, 0.25) is 0 Å². The van der Waals surface area contributed by atoms with Crippen molar-refractivity contribution in [3.63, 3.8) is 0 Å². The maximum absolute atomic E-state index is 12.8. The van der Waals surface area contributed by atoms with Gasteiger partial charge in [-0.05, 0) is 0 Å². The van der Waals surface area contributed by atoms with Crippen molar-refractivity contribution in [1.29, 1.82) is 0 Å². The number of alkyl halides is 14. The van der Waals surface area contributed by atoms with E-state index in [1.807, 2.05) is 0 Å². The van der Waals surface area contributed by atoms with Gasteiger partial charge >= 0.3 is 47.9 Å². The second-order valence-corrected chi connectivity index (χ2v) is 4.10. The zero-order valence-electron chi connectivity index (χ0n) is 10.2. The lowest BCUT2D eigenvalue weighted by molar-refractivity contribution is -0.429. The van der Waals surface area contributed by atoms with Gasteiger partial charge in [-0.2, -0.15) is 52.7 Å². The molecule has 0 saturated carbocycles. The van der Waals surface area contributed by atoms with E-state index in [-0.39, 0.29) is 0 Å². The standard InChI is InChI=1S/C8H2F14O2/c9-1(10)3(11,12)5(15,16)7(19,20)8(21,22)6(17,18)4(13,14)2(23)24/h1H,(H,23,24). The van der Waals surface area contributed by atoms with Crippen LogP contribution in [-0.4, -0.2) is 53.0 Å². The summed E-state index contributed by atoms with van der Waals surface area (Å²) in [6.07, 6.45) is -5.79. The molecule has 0 bridgehead atoms. The molecule has 0 aromatic heterocycles. The van der Waals surface area contributed by atoms with Gasteiger partial charge in [0.15, 0.2) is 0 Å². The smallest absolute Gasteiger partial charge is 0.410 e. The van der Waals surface area contributed by atoms with Gasteiger partial charge in [-0.3, -0.25) is 0 Å². The predicted octanol–water partition coefficient (Wildman–Crippen LogP) is 4.15. The SMILES string of the molecule is O=C(O)C(F)(F)C(F)(F)C(F)(F)C(F)(F)C(F)(F)C(F)(F)C(F)F. The van der Waals surface area contributed by atoms with Crippen LogP contribution in [0.3, 0.4) is 0 Å². The summed E-state index contributed by atoms with van der Waals surface area (Å²) in [5.74, 6) is -50.9. The van der Waals surface area contributed by atoms with E-state index >= 15 is 0 Å². The van der Waals surface area contributed by atoms with Gasteiger partial charge in [-0.15, -0.1) is 0 Å². The fraction of sp³-hybridized carbons (Fsp3) is 0.875. The summed E-state index contributed by atoms with van der Waals surface area (Å²) in [7, 11) is 0. The first kappa shape index (κ1) is 22.5. The Morgan fingerprint density at radius 2 is 0.917 bits per heavy atom. The van der Waals surface area contributed by atoms with E-state index in [1.54, 1.807) is 0 Å². The Kier molecular flexibility index (Phi) is 5.16. The number of hydrogen-bond acceptors (Lipinski definition) is 1. The largest absolute Gasteiger partial charge is 0.477 e. The molecule has 0 heterocycles. The van der Waals surface area contributed by atoms with E-state index in [0.717, 1.165) is 0 Å². The third-order valence-corrected chi connectivity index (χ3v) is 2.54. The maximum Gasteiger partial charge on any atom is 0.410 e. The summed E-state index contributed by atoms with van der Waals surface area (Å²) in [5.41, 5.74) is 0. The minimum absolute atomic E-state index is 4.20. The summed E-state index contributed by atoms with van der Waals surface area (Å²) in [6.45, 7) is 0. The number of hydrogen-bond donors (Lipinski definition) is 1. The average molecular weight is 396 g/mol. The van der Waals surface area contributed by atoms with Gasteiger partial charge in [0.25, 0.3) is 0 Å². The molecular formula is C8H2F14O2. The van der Waals surface area contributed by atoms with Crippen LogP contribution in [0.15, 0.2) is 0 Å². The molecule has 0 unspecified atom stereocenters. The third kappa shape index (κ3) is 2.53. The second-order valence-electron chi connectivity index (χ2n) is 4.10. The highest BCUT2D eigenvalue weighted by atomic mass is 19.4. The van der Waals surface area contributed by atoms with Crippen LogP contribution in [0.4, 0.5) is 61.5 Å². The number of rotatable bonds is 7. The van der Waals surface area contributed by atoms with E-state index in [2.05, 4.69) is 0 Å². The minimum Gasteiger partial charge on any atom is -0.477 e. The lowest BCUT2D eigenvalue weighted by atomic mass is 9.91. The topological polar surface area (TPSA) is 37.3 Å². The molecule has 0 fully saturated rings. The normalized spacial score (nSPS) is 15.8. The second kappa shape index (κ2) is 5.50. The molecule has 0 aliphatic heterocycles. The van der Waals surface area contributed by atoms with Crippen LogP contribution in [-0.2, 0) is 4.79 Å². The maximum atomic E-state index is 12.8. The Bertz CT molecular complexity index is 495. The van der Waals surface area contributed by atoms with Crippen molar-refractivity contribution in [3.8, 4) is 0 Å². The lowest BCUT2D eigenvalue weighted by Gasteiger charge is -2.40. The zero-order valence-corrected chi connectivity index (χ0v) is 10.2. The van der Waals surface area contributed by atoms with Crippen LogP contribution in [0.1, 0.15) is 0 Å². The first-order valence-corrected chi connectivity index (χ1v) is 4.92. The van der Waals surface area contributed by atoms with Crippen molar-refractivity contribution in [2.24, 2.45) is 0 Å². The molecule has 0 saturated heterocycles. The minimum atomic E-state index is -8.21. The average Bonchev–Trinajstić information content (AvgIpc) is 2.36. The molecule has 144 valence electrons. The monoisotopic (exact) mass is 396 g/mol. The van der Waals surface area contributed by atoms with Crippen molar-refractivity contribution >= 4 is 5.97 Å². The van der Waals surface area contributed by atoms with Gasteiger partial charge in [0.1, 0.15) is 0 Å². The Balaban J connectivity index is 6.43. The molecule has 24 heavy (non-hydrogen) atoms. The van der Waals surface area contributed by atoms with Crippen LogP contribution in [0, 0.1) is 0 Å². The molecule has 0 aromatic carbocycles. The Hall–Kier alpha value is -1.51. The van der Waals surface area contributed by atoms with Crippen molar-refractivity contribution in [3.05, 3.63) is 0 Å². The highest BCUT2D eigenvalue weighted by Gasteiger charge is 2.92. The van der Waals surface area contributed by atoms with Gasteiger partial charge < -0.3 is 5.11 Å². The summed E-state index contributed by atoms with van der Waals surface area (Å²) in [5, 5.41) is 7.59. The first-order chi connectivity index (χ1) is 10.1. The quantitative estimate of drug-likeness (QED) is 0.657. The Morgan fingerprint density at radius 1 is 0.625 bits per heavy atom. The number of carbonyl (C=O) groups is 1. The molecule has 0 aliphatic rings. The number of carboxylic acids is 1. The van der Waals surface area contributed by atoms with Crippen LogP contribution < -0.4 is 0 Å². The fourth-order valence-electron chi connectivity index (χ4n) is 1.07. The summed E-state index contributed by atoms with van der Waals surface area (Å²) >= 11 is 0. The zero-order chi connectivity index (χ0) is 20.2. The molecule has 2 nitrogen and oxygen atoms in total. The van der Waals surface area contributed by atoms with Gasteiger partial charge in [-0.25, -0.2) is 13.6 Å². The van der Waals surface area contributed by atoms with Crippen molar-refractivity contribution in [1.82, 2.24) is 0 Å². The van der Waals surface area contributed by atoms with Crippen molar-refractivity contribution < 1.29 is 71.4 Å². The fourth-order valence-corrected chi connectivity index (χ4v) is 1.07. The molecule has 0 aliphatic carbocycles. The number of carboxylic acid groups (broad SMARTS) is 1. The molecule has 0 rings (SSSR count). The summed E-state index contributed by atoms with van der Waals surface area (Å²) < 4.78 is 175. The molecular weight excluding hydrogens is 394 g/mol. The predicted molar refractivity (Wildman–Crippen MR) is 43.3 cm³/mol. The van der Waals surface area contributed by atoms with Crippen LogP contribution in [0.2, 0.25) is 0 Å². The third-order valence-electron chi connectivity index (χ3n) is 2.54. The van der Waals surface area contributed by atoms with E-state index in [9.17, 15) is 66.3 Å². The molecule has 1 N–H and O–H groups in total. The summed E-state index contributed by atoms with van der Waals surface area (Å²) in [6, 6.07) is 0. The molecule has 0 radical (unpaired) electrons. The molecule has 0 spiro atoms.